The minimum Gasteiger partial charge on any atom is -0.494 e. The first-order valence-electron chi connectivity index (χ1n) is 7.35. The fourth-order valence-electron chi connectivity index (χ4n) is 2.39. The first-order chi connectivity index (χ1) is 11.4. The minimum atomic E-state index is -3.84. The van der Waals surface area contributed by atoms with Crippen molar-refractivity contribution in [3.8, 4) is 11.8 Å². The van der Waals surface area contributed by atoms with Crippen LogP contribution in [0.15, 0.2) is 47.4 Å². The van der Waals surface area contributed by atoms with E-state index in [1.165, 1.54) is 12.1 Å². The second kappa shape index (κ2) is 7.34. The number of primary sulfonamides is 1. The number of anilines is 1. The van der Waals surface area contributed by atoms with Gasteiger partial charge in [-0.2, -0.15) is 5.26 Å². The molecule has 126 valence electrons. The van der Waals surface area contributed by atoms with Gasteiger partial charge in [-0.05, 0) is 31.2 Å². The van der Waals surface area contributed by atoms with E-state index in [9.17, 15) is 13.7 Å². The predicted octanol–water partition coefficient (Wildman–Crippen LogP) is 2.24. The molecule has 6 nitrogen and oxygen atoms in total. The summed E-state index contributed by atoms with van der Waals surface area (Å²) in [5.74, 6) is 0.784. The van der Waals surface area contributed by atoms with Crippen LogP contribution in [0.4, 0.5) is 5.69 Å². The van der Waals surface area contributed by atoms with E-state index in [-0.39, 0.29) is 10.5 Å². The SMILES string of the molecule is CCOc1ccccc1CN(C)c1ccc(S(N)(=O)=O)cc1C#N. The van der Waals surface area contributed by atoms with E-state index >= 15 is 0 Å². The summed E-state index contributed by atoms with van der Waals surface area (Å²) in [6.07, 6.45) is 0. The standard InChI is InChI=1S/C17H19N3O3S/c1-3-23-17-7-5-4-6-13(17)12-20(2)16-9-8-15(24(19,21)22)10-14(16)11-18/h4-10H,3,12H2,1-2H3,(H2,19,21,22). The molecule has 2 N–H and O–H groups in total. The third-order valence-corrected chi connectivity index (χ3v) is 4.42. The molecule has 0 bridgehead atoms. The molecular weight excluding hydrogens is 326 g/mol. The summed E-state index contributed by atoms with van der Waals surface area (Å²) in [4.78, 5) is 1.79. The largest absolute Gasteiger partial charge is 0.494 e. The average molecular weight is 345 g/mol. The van der Waals surface area contributed by atoms with Crippen molar-refractivity contribution < 1.29 is 13.2 Å². The number of hydrogen-bond donors (Lipinski definition) is 1. The molecule has 0 aliphatic rings. The van der Waals surface area contributed by atoms with Gasteiger partial charge in [0.25, 0.3) is 0 Å². The van der Waals surface area contributed by atoms with Gasteiger partial charge in [0.15, 0.2) is 0 Å². The Hall–Kier alpha value is -2.56. The molecule has 0 spiro atoms. The van der Waals surface area contributed by atoms with Crippen molar-refractivity contribution in [2.45, 2.75) is 18.4 Å². The maximum absolute atomic E-state index is 11.4. The van der Waals surface area contributed by atoms with Gasteiger partial charge in [-0.3, -0.25) is 0 Å². The molecule has 0 heterocycles. The highest BCUT2D eigenvalue weighted by atomic mass is 32.2. The topological polar surface area (TPSA) is 96.4 Å². The summed E-state index contributed by atoms with van der Waals surface area (Å²) in [5, 5.41) is 14.4. The highest BCUT2D eigenvalue weighted by Crippen LogP contribution is 2.26. The average Bonchev–Trinajstić information content (AvgIpc) is 2.55. The molecule has 0 unspecified atom stereocenters. The van der Waals surface area contributed by atoms with Crippen LogP contribution in [0.3, 0.4) is 0 Å². The van der Waals surface area contributed by atoms with E-state index < -0.39 is 10.0 Å². The Kier molecular flexibility index (Phi) is 5.44. The zero-order valence-electron chi connectivity index (χ0n) is 13.6. The number of rotatable bonds is 6. The maximum Gasteiger partial charge on any atom is 0.238 e. The smallest absolute Gasteiger partial charge is 0.238 e. The van der Waals surface area contributed by atoms with Crippen molar-refractivity contribution in [2.75, 3.05) is 18.6 Å². The van der Waals surface area contributed by atoms with Crippen LogP contribution in [0.25, 0.3) is 0 Å². The molecule has 7 heteroatoms. The Balaban J connectivity index is 2.34. The normalized spacial score (nSPS) is 10.9. The highest BCUT2D eigenvalue weighted by molar-refractivity contribution is 7.89. The third-order valence-electron chi connectivity index (χ3n) is 3.51. The number of benzene rings is 2. The monoisotopic (exact) mass is 345 g/mol. The van der Waals surface area contributed by atoms with Gasteiger partial charge in [-0.25, -0.2) is 13.6 Å². The van der Waals surface area contributed by atoms with E-state index in [1.54, 1.807) is 6.07 Å². The molecular formula is C17H19N3O3S. The van der Waals surface area contributed by atoms with Gasteiger partial charge in [0, 0.05) is 19.2 Å². The van der Waals surface area contributed by atoms with Crippen LogP contribution in [0.5, 0.6) is 5.75 Å². The summed E-state index contributed by atoms with van der Waals surface area (Å²) in [7, 11) is -2.01. The fraction of sp³-hybridized carbons (Fsp3) is 0.235. The first-order valence-corrected chi connectivity index (χ1v) is 8.90. The van der Waals surface area contributed by atoms with Crippen molar-refractivity contribution in [3.63, 3.8) is 0 Å². The number of nitrogens with two attached hydrogens (primary N) is 1. The van der Waals surface area contributed by atoms with Crippen LogP contribution in [-0.4, -0.2) is 22.1 Å². The minimum absolute atomic E-state index is 0.0779. The Morgan fingerprint density at radius 2 is 1.96 bits per heavy atom. The van der Waals surface area contributed by atoms with Gasteiger partial charge >= 0.3 is 0 Å². The summed E-state index contributed by atoms with van der Waals surface area (Å²) >= 11 is 0. The molecule has 0 fully saturated rings. The molecule has 0 saturated carbocycles. The molecule has 0 radical (unpaired) electrons. The highest BCUT2D eigenvalue weighted by Gasteiger charge is 2.15. The van der Waals surface area contributed by atoms with Crippen LogP contribution >= 0.6 is 0 Å². The van der Waals surface area contributed by atoms with Gasteiger partial charge in [-0.15, -0.1) is 0 Å². The second-order valence-electron chi connectivity index (χ2n) is 5.23. The van der Waals surface area contributed by atoms with Gasteiger partial charge in [0.1, 0.15) is 11.8 Å². The van der Waals surface area contributed by atoms with Gasteiger partial charge < -0.3 is 9.64 Å². The fourth-order valence-corrected chi connectivity index (χ4v) is 2.93. The lowest BCUT2D eigenvalue weighted by Gasteiger charge is -2.22. The Morgan fingerprint density at radius 1 is 1.25 bits per heavy atom. The molecule has 2 aromatic rings. The zero-order chi connectivity index (χ0) is 17.7. The third kappa shape index (κ3) is 4.04. The lowest BCUT2D eigenvalue weighted by molar-refractivity contribution is 0.336. The van der Waals surface area contributed by atoms with Crippen molar-refractivity contribution in [1.29, 1.82) is 5.26 Å². The summed E-state index contributed by atoms with van der Waals surface area (Å²) in [5.41, 5.74) is 1.84. The van der Waals surface area contributed by atoms with E-state index in [2.05, 4.69) is 0 Å². The molecule has 0 aliphatic heterocycles. The van der Waals surface area contributed by atoms with Crippen LogP contribution in [0, 0.1) is 11.3 Å². The second-order valence-corrected chi connectivity index (χ2v) is 6.79. The van der Waals surface area contributed by atoms with Crippen LogP contribution in [0.2, 0.25) is 0 Å². The van der Waals surface area contributed by atoms with E-state index in [0.29, 0.717) is 18.8 Å². The zero-order valence-corrected chi connectivity index (χ0v) is 14.4. The Labute approximate surface area is 142 Å². The Bertz CT molecular complexity index is 873. The summed E-state index contributed by atoms with van der Waals surface area (Å²) in [6.45, 7) is 2.99. The van der Waals surface area contributed by atoms with Crippen LogP contribution < -0.4 is 14.8 Å². The maximum atomic E-state index is 11.4. The first kappa shape index (κ1) is 17.8. The lowest BCUT2D eigenvalue weighted by Crippen LogP contribution is -2.19. The Morgan fingerprint density at radius 3 is 2.58 bits per heavy atom. The van der Waals surface area contributed by atoms with E-state index in [0.717, 1.165) is 11.3 Å². The van der Waals surface area contributed by atoms with Crippen molar-refractivity contribution in [2.24, 2.45) is 5.14 Å². The number of sulfonamides is 1. The molecule has 2 aromatic carbocycles. The van der Waals surface area contributed by atoms with E-state index in [1.807, 2.05) is 49.2 Å². The van der Waals surface area contributed by atoms with Gasteiger partial charge in [-0.1, -0.05) is 18.2 Å². The van der Waals surface area contributed by atoms with Crippen molar-refractivity contribution in [3.05, 3.63) is 53.6 Å². The van der Waals surface area contributed by atoms with Gasteiger partial charge in [0.05, 0.1) is 22.8 Å². The molecule has 24 heavy (non-hydrogen) atoms. The van der Waals surface area contributed by atoms with Crippen molar-refractivity contribution in [1.82, 2.24) is 0 Å². The molecule has 2 rings (SSSR count). The van der Waals surface area contributed by atoms with Crippen LogP contribution in [-0.2, 0) is 16.6 Å². The number of hydrogen-bond acceptors (Lipinski definition) is 5. The lowest BCUT2D eigenvalue weighted by atomic mass is 10.1. The number of nitriles is 1. The molecule has 0 atom stereocenters. The van der Waals surface area contributed by atoms with Crippen LogP contribution in [0.1, 0.15) is 18.1 Å². The molecule has 0 amide bonds. The quantitative estimate of drug-likeness (QED) is 0.866. The summed E-state index contributed by atoms with van der Waals surface area (Å²) < 4.78 is 28.5. The number of nitrogens with zero attached hydrogens (tertiary/aromatic N) is 2. The predicted molar refractivity (Wildman–Crippen MR) is 92.2 cm³/mol. The number of ether oxygens (including phenoxy) is 1. The molecule has 0 aromatic heterocycles. The number of para-hydroxylation sites is 1. The summed E-state index contributed by atoms with van der Waals surface area (Å²) in [6, 6.07) is 14.0. The van der Waals surface area contributed by atoms with Gasteiger partial charge in [0.2, 0.25) is 10.0 Å². The van der Waals surface area contributed by atoms with Crippen molar-refractivity contribution >= 4 is 15.7 Å². The van der Waals surface area contributed by atoms with E-state index in [4.69, 9.17) is 9.88 Å². The molecule has 0 aliphatic carbocycles. The molecule has 0 saturated heterocycles.